The van der Waals surface area contributed by atoms with E-state index in [-0.39, 0.29) is 11.3 Å². The summed E-state index contributed by atoms with van der Waals surface area (Å²) in [6.45, 7) is 5.25. The smallest absolute Gasteiger partial charge is 0.280 e. The number of aliphatic imine (C=N–C) groups is 1. The molecule has 1 saturated heterocycles. The molecule has 0 aliphatic carbocycles. The average Bonchev–Trinajstić information content (AvgIpc) is 3.19. The fourth-order valence-corrected chi connectivity index (χ4v) is 4.37. The number of anilines is 1. The number of amides is 1. The number of hydrogen-bond acceptors (Lipinski definition) is 4. The Balaban J connectivity index is 1.11. The Kier molecular flexibility index (Phi) is 5.38. The summed E-state index contributed by atoms with van der Waals surface area (Å²) in [4.78, 5) is 20.2. The van der Waals surface area contributed by atoms with Crippen molar-refractivity contribution >= 4 is 28.6 Å². The summed E-state index contributed by atoms with van der Waals surface area (Å²) < 4.78 is 20.1. The Morgan fingerprint density at radius 2 is 1.77 bits per heavy atom. The van der Waals surface area contributed by atoms with E-state index in [0.29, 0.717) is 12.2 Å². The van der Waals surface area contributed by atoms with E-state index < -0.39 is 11.7 Å². The lowest BCUT2D eigenvalue weighted by atomic mass is 10.1. The Hall–Kier alpha value is -3.25. The molecule has 2 aliphatic heterocycles. The summed E-state index contributed by atoms with van der Waals surface area (Å²) in [5.74, 6) is -1.02. The molecule has 2 heterocycles. The summed E-state index contributed by atoms with van der Waals surface area (Å²) in [6, 6.07) is 18.2. The number of ether oxygens (including phenoxy) is 1. The van der Waals surface area contributed by atoms with E-state index in [4.69, 9.17) is 4.74 Å². The number of rotatable bonds is 6. The molecule has 31 heavy (non-hydrogen) atoms. The lowest BCUT2D eigenvalue weighted by Gasteiger charge is -2.36. The zero-order valence-corrected chi connectivity index (χ0v) is 17.3. The van der Waals surface area contributed by atoms with E-state index in [1.54, 1.807) is 12.1 Å². The molecule has 1 amide bonds. The minimum Gasteiger partial charge on any atom is -0.490 e. The van der Waals surface area contributed by atoms with Crippen molar-refractivity contribution in [3.8, 4) is 5.75 Å². The standard InChI is InChI=1S/C25H24FN3O2/c26-24-22(10-9-19-17-27-25(30)23(19)24)31-16-4-11-28-12-14-29(15-13-28)21-8-3-6-18-5-1-2-7-20(18)21/h1-3,5-10,17H,4,11-16H2. The molecule has 6 heteroatoms. The van der Waals surface area contributed by atoms with Gasteiger partial charge < -0.3 is 9.64 Å². The number of nitrogens with zero attached hydrogens (tertiary/aromatic N) is 3. The van der Waals surface area contributed by atoms with Crippen LogP contribution in [0.4, 0.5) is 10.1 Å². The van der Waals surface area contributed by atoms with Gasteiger partial charge in [-0.3, -0.25) is 9.69 Å². The maximum atomic E-state index is 14.5. The fourth-order valence-electron chi connectivity index (χ4n) is 4.37. The van der Waals surface area contributed by atoms with Crippen molar-refractivity contribution in [1.29, 1.82) is 0 Å². The molecule has 0 bridgehead atoms. The van der Waals surface area contributed by atoms with Crippen LogP contribution in [-0.2, 0) is 0 Å². The number of halogens is 1. The molecule has 0 aromatic heterocycles. The van der Waals surface area contributed by atoms with E-state index in [1.165, 1.54) is 22.7 Å². The number of carbonyl (C=O) groups is 1. The van der Waals surface area contributed by atoms with Gasteiger partial charge in [0, 0.05) is 55.6 Å². The Morgan fingerprint density at radius 3 is 2.65 bits per heavy atom. The van der Waals surface area contributed by atoms with Gasteiger partial charge in [-0.15, -0.1) is 0 Å². The molecule has 0 N–H and O–H groups in total. The highest BCUT2D eigenvalue weighted by Crippen LogP contribution is 2.28. The SMILES string of the molecule is O=C1N=Cc2ccc(OCCCN3CCN(c4cccc5ccccc45)CC3)c(F)c21. The highest BCUT2D eigenvalue weighted by Gasteiger charge is 2.23. The van der Waals surface area contributed by atoms with E-state index in [0.717, 1.165) is 39.1 Å². The van der Waals surface area contributed by atoms with Gasteiger partial charge >= 0.3 is 0 Å². The first-order chi connectivity index (χ1) is 15.2. The van der Waals surface area contributed by atoms with Crippen LogP contribution in [0.1, 0.15) is 22.3 Å². The molecule has 0 saturated carbocycles. The molecule has 0 unspecified atom stereocenters. The minimum absolute atomic E-state index is 0.0158. The number of fused-ring (bicyclic) bond motifs is 2. The molecule has 5 rings (SSSR count). The molecular weight excluding hydrogens is 393 g/mol. The van der Waals surface area contributed by atoms with Gasteiger partial charge in [-0.2, -0.15) is 0 Å². The first-order valence-corrected chi connectivity index (χ1v) is 10.7. The molecule has 0 spiro atoms. The zero-order chi connectivity index (χ0) is 21.2. The van der Waals surface area contributed by atoms with E-state index >= 15 is 0 Å². The van der Waals surface area contributed by atoms with Crippen LogP contribution in [0.2, 0.25) is 0 Å². The van der Waals surface area contributed by atoms with Crippen LogP contribution in [0.3, 0.4) is 0 Å². The van der Waals surface area contributed by atoms with Gasteiger partial charge in [0.25, 0.3) is 5.91 Å². The molecule has 3 aromatic rings. The van der Waals surface area contributed by atoms with Gasteiger partial charge in [0.2, 0.25) is 0 Å². The third kappa shape index (κ3) is 3.91. The van der Waals surface area contributed by atoms with Crippen molar-refractivity contribution in [3.63, 3.8) is 0 Å². The van der Waals surface area contributed by atoms with Gasteiger partial charge in [0.05, 0.1) is 12.2 Å². The van der Waals surface area contributed by atoms with Crippen molar-refractivity contribution in [2.45, 2.75) is 6.42 Å². The quantitative estimate of drug-likeness (QED) is 0.566. The Bertz CT molecular complexity index is 1150. The van der Waals surface area contributed by atoms with Crippen molar-refractivity contribution in [2.75, 3.05) is 44.2 Å². The van der Waals surface area contributed by atoms with Crippen molar-refractivity contribution < 1.29 is 13.9 Å². The third-order valence-electron chi connectivity index (χ3n) is 6.03. The fraction of sp³-hybridized carbons (Fsp3) is 0.280. The summed E-state index contributed by atoms with van der Waals surface area (Å²) in [7, 11) is 0. The molecule has 3 aromatic carbocycles. The molecular formula is C25H24FN3O2. The van der Waals surface area contributed by atoms with Crippen LogP contribution in [0.5, 0.6) is 5.75 Å². The van der Waals surface area contributed by atoms with Crippen LogP contribution in [0.25, 0.3) is 10.8 Å². The number of benzene rings is 3. The third-order valence-corrected chi connectivity index (χ3v) is 6.03. The van der Waals surface area contributed by atoms with Crippen molar-refractivity contribution in [3.05, 3.63) is 71.5 Å². The van der Waals surface area contributed by atoms with Crippen molar-refractivity contribution in [2.24, 2.45) is 4.99 Å². The lowest BCUT2D eigenvalue weighted by Crippen LogP contribution is -2.46. The molecule has 0 radical (unpaired) electrons. The van der Waals surface area contributed by atoms with Crippen LogP contribution >= 0.6 is 0 Å². The average molecular weight is 417 g/mol. The Labute approximate surface area is 180 Å². The first-order valence-electron chi connectivity index (χ1n) is 10.7. The van der Waals surface area contributed by atoms with E-state index in [2.05, 4.69) is 57.3 Å². The topological polar surface area (TPSA) is 45.1 Å². The number of hydrogen-bond donors (Lipinski definition) is 0. The first kappa shape index (κ1) is 19.7. The summed E-state index contributed by atoms with van der Waals surface area (Å²) in [5.41, 5.74) is 1.83. The maximum absolute atomic E-state index is 14.5. The number of piperazine rings is 1. The van der Waals surface area contributed by atoms with Gasteiger partial charge in [-0.1, -0.05) is 36.4 Å². The Morgan fingerprint density at radius 1 is 0.968 bits per heavy atom. The largest absolute Gasteiger partial charge is 0.490 e. The maximum Gasteiger partial charge on any atom is 0.280 e. The second kappa shape index (κ2) is 8.47. The van der Waals surface area contributed by atoms with Crippen molar-refractivity contribution in [1.82, 2.24) is 4.90 Å². The second-order valence-corrected chi connectivity index (χ2v) is 7.93. The molecule has 2 aliphatic rings. The van der Waals surface area contributed by atoms with Gasteiger partial charge in [0.1, 0.15) is 0 Å². The lowest BCUT2D eigenvalue weighted by molar-refractivity contribution is 0.100. The summed E-state index contributed by atoms with van der Waals surface area (Å²) >= 11 is 0. The second-order valence-electron chi connectivity index (χ2n) is 7.93. The molecule has 5 nitrogen and oxygen atoms in total. The number of carbonyl (C=O) groups excluding carboxylic acids is 1. The van der Waals surface area contributed by atoms with Crippen LogP contribution in [0, 0.1) is 5.82 Å². The van der Waals surface area contributed by atoms with E-state index in [9.17, 15) is 9.18 Å². The summed E-state index contributed by atoms with van der Waals surface area (Å²) in [5, 5.41) is 2.57. The zero-order valence-electron chi connectivity index (χ0n) is 17.3. The molecule has 0 atom stereocenters. The normalized spacial score (nSPS) is 16.2. The highest BCUT2D eigenvalue weighted by molar-refractivity contribution is 6.13. The highest BCUT2D eigenvalue weighted by atomic mass is 19.1. The monoisotopic (exact) mass is 417 g/mol. The molecule has 158 valence electrons. The minimum atomic E-state index is -0.608. The van der Waals surface area contributed by atoms with Gasteiger partial charge in [-0.25, -0.2) is 9.38 Å². The van der Waals surface area contributed by atoms with Crippen LogP contribution in [-0.4, -0.2) is 56.4 Å². The van der Waals surface area contributed by atoms with E-state index in [1.807, 2.05) is 0 Å². The predicted octanol–water partition coefficient (Wildman–Crippen LogP) is 4.14. The van der Waals surface area contributed by atoms with Gasteiger partial charge in [0.15, 0.2) is 11.6 Å². The van der Waals surface area contributed by atoms with Gasteiger partial charge in [-0.05, 0) is 30.0 Å². The summed E-state index contributed by atoms with van der Waals surface area (Å²) in [6.07, 6.45) is 2.19. The van der Waals surface area contributed by atoms with Crippen LogP contribution < -0.4 is 9.64 Å². The van der Waals surface area contributed by atoms with Crippen LogP contribution in [0.15, 0.2) is 59.6 Å². The molecule has 1 fully saturated rings. The predicted molar refractivity (Wildman–Crippen MR) is 121 cm³/mol.